The topological polar surface area (TPSA) is 29.3 Å². The molecule has 0 atom stereocenters. The van der Waals surface area contributed by atoms with Gasteiger partial charge in [-0.1, -0.05) is 24.4 Å². The van der Waals surface area contributed by atoms with Crippen LogP contribution in [0.4, 0.5) is 15.8 Å². The third-order valence-electron chi connectivity index (χ3n) is 3.32. The molecule has 2 nitrogen and oxygen atoms in total. The van der Waals surface area contributed by atoms with Crippen LogP contribution < -0.4 is 10.6 Å². The van der Waals surface area contributed by atoms with E-state index in [1.54, 1.807) is 6.07 Å². The van der Waals surface area contributed by atoms with Crippen LogP contribution in [0.3, 0.4) is 0 Å². The summed E-state index contributed by atoms with van der Waals surface area (Å²) in [5, 5.41) is 0.133. The third-order valence-corrected chi connectivity index (χ3v) is 3.61. The van der Waals surface area contributed by atoms with Gasteiger partial charge in [-0.25, -0.2) is 4.39 Å². The zero-order chi connectivity index (χ0) is 11.7. The van der Waals surface area contributed by atoms with Crippen molar-refractivity contribution in [2.45, 2.75) is 31.7 Å². The molecule has 4 heteroatoms. The average molecular weight is 243 g/mol. The minimum Gasteiger partial charge on any atom is -0.397 e. The summed E-state index contributed by atoms with van der Waals surface area (Å²) in [7, 11) is 2.00. The highest BCUT2D eigenvalue weighted by molar-refractivity contribution is 6.31. The van der Waals surface area contributed by atoms with Crippen molar-refractivity contribution in [1.82, 2.24) is 0 Å². The summed E-state index contributed by atoms with van der Waals surface area (Å²) in [6.07, 6.45) is 4.85. The normalized spacial score (nSPS) is 16.7. The van der Waals surface area contributed by atoms with E-state index >= 15 is 0 Å². The third kappa shape index (κ3) is 2.09. The van der Waals surface area contributed by atoms with E-state index in [-0.39, 0.29) is 5.02 Å². The Balaban J connectivity index is 2.28. The summed E-state index contributed by atoms with van der Waals surface area (Å²) in [6.45, 7) is 0. The molecule has 0 heterocycles. The van der Waals surface area contributed by atoms with E-state index in [0.717, 1.165) is 5.69 Å². The summed E-state index contributed by atoms with van der Waals surface area (Å²) in [5.74, 6) is -0.456. The summed E-state index contributed by atoms with van der Waals surface area (Å²) in [6, 6.07) is 3.41. The zero-order valence-electron chi connectivity index (χ0n) is 9.34. The molecule has 2 N–H and O–H groups in total. The fourth-order valence-corrected chi connectivity index (χ4v) is 2.50. The first-order chi connectivity index (χ1) is 7.59. The van der Waals surface area contributed by atoms with Crippen molar-refractivity contribution in [2.75, 3.05) is 17.7 Å². The Bertz CT molecular complexity index is 389. The zero-order valence-corrected chi connectivity index (χ0v) is 10.1. The Morgan fingerprint density at radius 1 is 1.38 bits per heavy atom. The molecule has 1 aliphatic carbocycles. The van der Waals surface area contributed by atoms with Crippen molar-refractivity contribution in [3.63, 3.8) is 0 Å². The molecule has 0 bridgehead atoms. The lowest BCUT2D eigenvalue weighted by molar-refractivity contribution is 0.626. The Hall–Kier alpha value is -0.960. The summed E-state index contributed by atoms with van der Waals surface area (Å²) in [4.78, 5) is 2.12. The van der Waals surface area contributed by atoms with Gasteiger partial charge in [-0.15, -0.1) is 0 Å². The van der Waals surface area contributed by atoms with Crippen LogP contribution >= 0.6 is 11.6 Å². The fraction of sp³-hybridized carbons (Fsp3) is 0.500. The van der Waals surface area contributed by atoms with Gasteiger partial charge in [0.15, 0.2) is 0 Å². The molecule has 1 saturated carbocycles. The van der Waals surface area contributed by atoms with Crippen molar-refractivity contribution in [3.8, 4) is 0 Å². The Kier molecular flexibility index (Phi) is 3.24. The molecule has 1 aromatic rings. The minimum absolute atomic E-state index is 0.133. The summed E-state index contributed by atoms with van der Waals surface area (Å²) in [5.41, 5.74) is 7.11. The van der Waals surface area contributed by atoms with Crippen molar-refractivity contribution < 1.29 is 4.39 Å². The summed E-state index contributed by atoms with van der Waals surface area (Å²) >= 11 is 5.78. The van der Waals surface area contributed by atoms with Gasteiger partial charge in [0.2, 0.25) is 0 Å². The highest BCUT2D eigenvalue weighted by atomic mass is 35.5. The minimum atomic E-state index is -0.456. The molecule has 1 aliphatic rings. The molecular formula is C12H16ClFN2. The number of hydrogen-bond donors (Lipinski definition) is 1. The first-order valence-corrected chi connectivity index (χ1v) is 5.94. The number of halogens is 2. The maximum absolute atomic E-state index is 13.2. The van der Waals surface area contributed by atoms with Gasteiger partial charge in [-0.2, -0.15) is 0 Å². The monoisotopic (exact) mass is 242 g/mol. The average Bonchev–Trinajstić information content (AvgIpc) is 2.75. The molecule has 2 rings (SSSR count). The number of rotatable bonds is 2. The van der Waals surface area contributed by atoms with E-state index in [2.05, 4.69) is 4.90 Å². The van der Waals surface area contributed by atoms with E-state index in [1.165, 1.54) is 31.7 Å². The van der Waals surface area contributed by atoms with Gasteiger partial charge in [0.1, 0.15) is 5.82 Å². The van der Waals surface area contributed by atoms with E-state index in [0.29, 0.717) is 11.7 Å². The smallest absolute Gasteiger partial charge is 0.143 e. The lowest BCUT2D eigenvalue weighted by atomic mass is 10.1. The molecule has 0 amide bonds. The fourth-order valence-electron chi connectivity index (χ4n) is 2.35. The highest BCUT2D eigenvalue weighted by Crippen LogP contribution is 2.33. The molecule has 1 aromatic carbocycles. The van der Waals surface area contributed by atoms with Crippen LogP contribution in [0.1, 0.15) is 25.7 Å². The molecule has 0 unspecified atom stereocenters. The lowest BCUT2D eigenvalue weighted by Crippen LogP contribution is -2.29. The predicted octanol–water partition coefficient (Wildman–Crippen LogP) is 3.44. The number of nitrogens with two attached hydrogens (primary N) is 1. The molecule has 16 heavy (non-hydrogen) atoms. The first kappa shape index (κ1) is 11.5. The van der Waals surface area contributed by atoms with Gasteiger partial charge in [0.05, 0.1) is 16.4 Å². The maximum Gasteiger partial charge on any atom is 0.143 e. The van der Waals surface area contributed by atoms with Gasteiger partial charge in [-0.3, -0.25) is 0 Å². The number of anilines is 2. The molecule has 88 valence electrons. The van der Waals surface area contributed by atoms with Gasteiger partial charge >= 0.3 is 0 Å². The van der Waals surface area contributed by atoms with Crippen molar-refractivity contribution in [3.05, 3.63) is 23.0 Å². The van der Waals surface area contributed by atoms with Gasteiger partial charge < -0.3 is 10.6 Å². The second-order valence-electron chi connectivity index (χ2n) is 4.37. The maximum atomic E-state index is 13.2. The van der Waals surface area contributed by atoms with Crippen LogP contribution in [-0.2, 0) is 0 Å². The van der Waals surface area contributed by atoms with Gasteiger partial charge in [0, 0.05) is 19.2 Å². The first-order valence-electron chi connectivity index (χ1n) is 5.57. The molecule has 0 saturated heterocycles. The van der Waals surface area contributed by atoms with Crippen LogP contribution in [0.15, 0.2) is 12.1 Å². The van der Waals surface area contributed by atoms with Crippen molar-refractivity contribution >= 4 is 23.0 Å². The molecule has 0 spiro atoms. The second kappa shape index (κ2) is 4.50. The second-order valence-corrected chi connectivity index (χ2v) is 4.78. The lowest BCUT2D eigenvalue weighted by Gasteiger charge is -2.28. The molecule has 0 radical (unpaired) electrons. The number of hydrogen-bond acceptors (Lipinski definition) is 2. The highest BCUT2D eigenvalue weighted by Gasteiger charge is 2.21. The SMILES string of the molecule is CN(c1cc(Cl)c(F)cc1N)C1CCCC1. The molecule has 0 aromatic heterocycles. The van der Waals surface area contributed by atoms with Crippen LogP contribution in [0.5, 0.6) is 0 Å². The molecule has 1 fully saturated rings. The van der Waals surface area contributed by atoms with E-state index in [4.69, 9.17) is 17.3 Å². The Morgan fingerprint density at radius 2 is 2.00 bits per heavy atom. The number of benzene rings is 1. The van der Waals surface area contributed by atoms with E-state index in [9.17, 15) is 4.39 Å². The van der Waals surface area contributed by atoms with Crippen LogP contribution in [0.25, 0.3) is 0 Å². The van der Waals surface area contributed by atoms with E-state index in [1.807, 2.05) is 7.05 Å². The quantitative estimate of drug-likeness (QED) is 0.805. The molecular weight excluding hydrogens is 227 g/mol. The Labute approximate surface area is 100 Å². The molecule has 0 aliphatic heterocycles. The Morgan fingerprint density at radius 3 is 2.62 bits per heavy atom. The van der Waals surface area contributed by atoms with E-state index < -0.39 is 5.82 Å². The predicted molar refractivity (Wildman–Crippen MR) is 66.5 cm³/mol. The van der Waals surface area contributed by atoms with Crippen molar-refractivity contribution in [1.29, 1.82) is 0 Å². The van der Waals surface area contributed by atoms with Crippen LogP contribution in [0.2, 0.25) is 5.02 Å². The van der Waals surface area contributed by atoms with Crippen LogP contribution in [0, 0.1) is 5.82 Å². The standard InChI is InChI=1S/C12H16ClFN2/c1-16(8-4-2-3-5-8)12-6-9(13)10(14)7-11(12)15/h6-8H,2-5,15H2,1H3. The van der Waals surface area contributed by atoms with Crippen LogP contribution in [-0.4, -0.2) is 13.1 Å². The largest absolute Gasteiger partial charge is 0.397 e. The van der Waals surface area contributed by atoms with Gasteiger partial charge in [0.25, 0.3) is 0 Å². The number of nitrogen functional groups attached to an aromatic ring is 1. The number of nitrogens with zero attached hydrogens (tertiary/aromatic N) is 1. The van der Waals surface area contributed by atoms with Gasteiger partial charge in [-0.05, 0) is 18.9 Å². The van der Waals surface area contributed by atoms with Crippen molar-refractivity contribution in [2.24, 2.45) is 0 Å². The summed E-state index contributed by atoms with van der Waals surface area (Å²) < 4.78 is 13.2.